The van der Waals surface area contributed by atoms with Crippen LogP contribution in [0.15, 0.2) is 0 Å². The first-order chi connectivity index (χ1) is 8.00. The van der Waals surface area contributed by atoms with Crippen LogP contribution in [-0.4, -0.2) is 55.6 Å². The van der Waals surface area contributed by atoms with E-state index in [1.165, 1.54) is 4.90 Å². The van der Waals surface area contributed by atoms with Gasteiger partial charge in [0.05, 0.1) is 13.2 Å². The van der Waals surface area contributed by atoms with E-state index < -0.39 is 12.0 Å². The second-order valence-electron chi connectivity index (χ2n) is 4.64. The highest BCUT2D eigenvalue weighted by Gasteiger charge is 2.27. The van der Waals surface area contributed by atoms with Crippen molar-refractivity contribution in [2.24, 2.45) is 11.7 Å². The van der Waals surface area contributed by atoms with Gasteiger partial charge in [0.1, 0.15) is 6.10 Å². The fraction of sp³-hybridized carbons (Fsp3) is 0.818. The van der Waals surface area contributed by atoms with Crippen molar-refractivity contribution in [1.82, 2.24) is 10.2 Å². The highest BCUT2D eigenvalue weighted by atomic mass is 35.5. The Hall–Kier alpha value is -0.850. The summed E-state index contributed by atoms with van der Waals surface area (Å²) in [7, 11) is 0. The highest BCUT2D eigenvalue weighted by molar-refractivity contribution is 5.86. The van der Waals surface area contributed by atoms with Crippen LogP contribution in [0.3, 0.4) is 0 Å². The minimum absolute atomic E-state index is 0. The van der Waals surface area contributed by atoms with Crippen LogP contribution >= 0.6 is 12.4 Å². The fourth-order valence-electron chi connectivity index (χ4n) is 1.79. The average Bonchev–Trinajstić information content (AvgIpc) is 2.27. The van der Waals surface area contributed by atoms with Crippen molar-refractivity contribution in [1.29, 1.82) is 0 Å². The quantitative estimate of drug-likeness (QED) is 0.702. The summed E-state index contributed by atoms with van der Waals surface area (Å²) in [6.07, 6.45) is -0.498. The van der Waals surface area contributed by atoms with E-state index in [4.69, 9.17) is 10.5 Å². The molecule has 18 heavy (non-hydrogen) atoms. The summed E-state index contributed by atoms with van der Waals surface area (Å²) >= 11 is 0. The van der Waals surface area contributed by atoms with Crippen LogP contribution in [0.25, 0.3) is 0 Å². The van der Waals surface area contributed by atoms with Gasteiger partial charge in [0.25, 0.3) is 5.91 Å². The molecule has 2 amide bonds. The molecule has 6 nitrogen and oxygen atoms in total. The monoisotopic (exact) mass is 279 g/mol. The highest BCUT2D eigenvalue weighted by Crippen LogP contribution is 2.05. The minimum Gasteiger partial charge on any atom is -0.368 e. The van der Waals surface area contributed by atoms with E-state index in [0.717, 1.165) is 6.54 Å². The molecule has 1 fully saturated rings. The molecule has 1 aliphatic rings. The summed E-state index contributed by atoms with van der Waals surface area (Å²) < 4.78 is 5.38. The van der Waals surface area contributed by atoms with Crippen LogP contribution in [0.4, 0.5) is 0 Å². The van der Waals surface area contributed by atoms with Crippen molar-refractivity contribution in [3.8, 4) is 0 Å². The number of nitrogens with one attached hydrogen (secondary N) is 1. The number of carbonyl (C=O) groups is 2. The van der Waals surface area contributed by atoms with E-state index in [0.29, 0.717) is 19.7 Å². The average molecular weight is 280 g/mol. The Morgan fingerprint density at radius 1 is 1.50 bits per heavy atom. The summed E-state index contributed by atoms with van der Waals surface area (Å²) in [5, 5.41) is 3.09. The number of ether oxygens (including phenoxy) is 1. The van der Waals surface area contributed by atoms with Gasteiger partial charge in [-0.2, -0.15) is 0 Å². The zero-order chi connectivity index (χ0) is 12.8. The maximum atomic E-state index is 12.1. The summed E-state index contributed by atoms with van der Waals surface area (Å²) in [6, 6.07) is 0. The first-order valence-corrected chi connectivity index (χ1v) is 5.90. The molecule has 1 heterocycles. The van der Waals surface area contributed by atoms with Crippen LogP contribution in [0.5, 0.6) is 0 Å². The third-order valence-electron chi connectivity index (χ3n) is 2.45. The number of halogens is 1. The number of amides is 2. The second kappa shape index (κ2) is 8.29. The molecular formula is C11H22ClN3O3. The molecule has 0 aromatic carbocycles. The number of hydrogen-bond acceptors (Lipinski definition) is 4. The van der Waals surface area contributed by atoms with Crippen LogP contribution < -0.4 is 11.1 Å². The summed E-state index contributed by atoms with van der Waals surface area (Å²) in [4.78, 5) is 24.5. The summed E-state index contributed by atoms with van der Waals surface area (Å²) in [5.74, 6) is -0.373. The predicted molar refractivity (Wildman–Crippen MR) is 70.5 cm³/mol. The normalized spacial score (nSPS) is 19.2. The van der Waals surface area contributed by atoms with Gasteiger partial charge in [-0.15, -0.1) is 12.4 Å². The molecule has 0 radical (unpaired) electrons. The van der Waals surface area contributed by atoms with E-state index in [9.17, 15) is 9.59 Å². The Balaban J connectivity index is 0.00000289. The number of nitrogens with zero attached hydrogens (tertiary/aromatic N) is 1. The molecule has 0 saturated carbocycles. The molecule has 7 heteroatoms. The molecule has 1 aliphatic heterocycles. The number of hydrogen-bond donors (Lipinski definition) is 2. The molecule has 1 unspecified atom stereocenters. The molecule has 0 spiro atoms. The number of nitrogens with two attached hydrogens (primary N) is 1. The molecule has 0 bridgehead atoms. The van der Waals surface area contributed by atoms with Crippen LogP contribution in [0.2, 0.25) is 0 Å². The first-order valence-electron chi connectivity index (χ1n) is 5.90. The fourth-order valence-corrected chi connectivity index (χ4v) is 1.79. The van der Waals surface area contributed by atoms with Crippen LogP contribution in [0.1, 0.15) is 13.8 Å². The van der Waals surface area contributed by atoms with Gasteiger partial charge in [0, 0.05) is 19.6 Å². The van der Waals surface area contributed by atoms with Gasteiger partial charge in [-0.25, -0.2) is 0 Å². The third kappa shape index (κ3) is 5.66. The van der Waals surface area contributed by atoms with Crippen molar-refractivity contribution in [2.45, 2.75) is 20.0 Å². The maximum Gasteiger partial charge on any atom is 0.253 e. The Kier molecular flexibility index (Phi) is 7.90. The number of morpholine rings is 1. The van der Waals surface area contributed by atoms with Crippen molar-refractivity contribution >= 4 is 24.2 Å². The standard InChI is InChI=1S/C11H21N3O3.ClH/c1-8(2)6-14(7-10(12)15)11(16)9-5-13-3-4-17-9;/h8-9,13H,3-7H2,1-2H3,(H2,12,15);1H. The van der Waals surface area contributed by atoms with Gasteiger partial charge >= 0.3 is 0 Å². The lowest BCUT2D eigenvalue weighted by molar-refractivity contribution is -0.147. The van der Waals surface area contributed by atoms with Gasteiger partial charge in [-0.1, -0.05) is 13.8 Å². The number of carbonyl (C=O) groups excluding carboxylic acids is 2. The molecule has 1 rings (SSSR count). The predicted octanol–water partition coefficient (Wildman–Crippen LogP) is -0.633. The van der Waals surface area contributed by atoms with Crippen molar-refractivity contribution in [3.63, 3.8) is 0 Å². The van der Waals surface area contributed by atoms with Crippen molar-refractivity contribution < 1.29 is 14.3 Å². The first kappa shape index (κ1) is 17.2. The summed E-state index contributed by atoms with van der Waals surface area (Å²) in [6.45, 7) is 6.21. The Labute approximate surface area is 114 Å². The maximum absolute atomic E-state index is 12.1. The van der Waals surface area contributed by atoms with E-state index >= 15 is 0 Å². The number of primary amides is 1. The lowest BCUT2D eigenvalue weighted by Crippen LogP contribution is -2.52. The lowest BCUT2D eigenvalue weighted by atomic mass is 10.2. The molecule has 3 N–H and O–H groups in total. The van der Waals surface area contributed by atoms with Crippen molar-refractivity contribution in [3.05, 3.63) is 0 Å². The molecule has 1 atom stereocenters. The van der Waals surface area contributed by atoms with E-state index in [-0.39, 0.29) is 30.8 Å². The van der Waals surface area contributed by atoms with E-state index in [1.54, 1.807) is 0 Å². The van der Waals surface area contributed by atoms with Crippen LogP contribution in [-0.2, 0) is 14.3 Å². The molecule has 0 aromatic heterocycles. The Morgan fingerprint density at radius 2 is 2.17 bits per heavy atom. The Bertz CT molecular complexity index is 281. The van der Waals surface area contributed by atoms with Crippen LogP contribution in [0, 0.1) is 5.92 Å². The summed E-state index contributed by atoms with van der Waals surface area (Å²) in [5.41, 5.74) is 5.15. The Morgan fingerprint density at radius 3 is 2.61 bits per heavy atom. The lowest BCUT2D eigenvalue weighted by Gasteiger charge is -2.30. The molecule has 0 aliphatic carbocycles. The van der Waals surface area contributed by atoms with E-state index in [1.807, 2.05) is 13.8 Å². The van der Waals surface area contributed by atoms with E-state index in [2.05, 4.69) is 5.32 Å². The van der Waals surface area contributed by atoms with Gasteiger partial charge < -0.3 is 20.7 Å². The number of rotatable bonds is 5. The zero-order valence-corrected chi connectivity index (χ0v) is 11.7. The smallest absolute Gasteiger partial charge is 0.253 e. The molecular weight excluding hydrogens is 258 g/mol. The molecule has 1 saturated heterocycles. The largest absolute Gasteiger partial charge is 0.368 e. The zero-order valence-electron chi connectivity index (χ0n) is 10.8. The second-order valence-corrected chi connectivity index (χ2v) is 4.64. The van der Waals surface area contributed by atoms with Gasteiger partial charge in [0.15, 0.2) is 0 Å². The van der Waals surface area contributed by atoms with Crippen molar-refractivity contribution in [2.75, 3.05) is 32.8 Å². The SMILES string of the molecule is CC(C)CN(CC(N)=O)C(=O)C1CNCCO1.Cl. The minimum atomic E-state index is -0.498. The third-order valence-corrected chi connectivity index (χ3v) is 2.45. The van der Waals surface area contributed by atoms with Gasteiger partial charge in [-0.05, 0) is 5.92 Å². The molecule has 106 valence electrons. The van der Waals surface area contributed by atoms with Gasteiger partial charge in [0.2, 0.25) is 5.91 Å². The topological polar surface area (TPSA) is 84.7 Å². The molecule has 0 aromatic rings. The van der Waals surface area contributed by atoms with Gasteiger partial charge in [-0.3, -0.25) is 9.59 Å².